The highest BCUT2D eigenvalue weighted by Gasteiger charge is 2.27. The lowest BCUT2D eigenvalue weighted by Gasteiger charge is -2.35. The number of nitrogens with zero attached hydrogens (tertiary/aromatic N) is 1. The average molecular weight is 290 g/mol. The number of aryl methyl sites for hydroxylation is 1. The molecule has 1 aromatic rings. The molecule has 0 bridgehead atoms. The van der Waals surface area contributed by atoms with Crippen molar-refractivity contribution < 1.29 is 14.7 Å². The first-order chi connectivity index (χ1) is 10.1. The Morgan fingerprint density at radius 3 is 2.86 bits per heavy atom. The number of unbranched alkanes of at least 4 members (excludes halogenated alkanes) is 1. The van der Waals surface area contributed by atoms with Gasteiger partial charge >= 0.3 is 12.0 Å². The van der Waals surface area contributed by atoms with Crippen LogP contribution in [0, 0.1) is 0 Å². The first-order valence-corrected chi connectivity index (χ1v) is 7.46. The summed E-state index contributed by atoms with van der Waals surface area (Å²) < 4.78 is 0. The van der Waals surface area contributed by atoms with Crippen molar-refractivity contribution >= 4 is 17.7 Å². The van der Waals surface area contributed by atoms with Crippen LogP contribution < -0.4 is 10.2 Å². The van der Waals surface area contributed by atoms with Gasteiger partial charge in [0.15, 0.2) is 0 Å². The monoisotopic (exact) mass is 290 g/mol. The molecule has 0 radical (unpaired) electrons. The van der Waals surface area contributed by atoms with E-state index in [0.29, 0.717) is 19.4 Å². The maximum atomic E-state index is 12.4. The number of amides is 2. The van der Waals surface area contributed by atoms with Crippen LogP contribution in [0.15, 0.2) is 24.3 Å². The molecule has 0 saturated heterocycles. The number of carboxylic acid groups (broad SMARTS) is 1. The van der Waals surface area contributed by atoms with E-state index in [1.165, 1.54) is 5.56 Å². The summed E-state index contributed by atoms with van der Waals surface area (Å²) in [5, 5.41) is 11.5. The summed E-state index contributed by atoms with van der Waals surface area (Å²) in [6, 6.07) is 8.08. The quantitative estimate of drug-likeness (QED) is 0.819. The second-order valence-electron chi connectivity index (χ2n) is 5.47. The van der Waals surface area contributed by atoms with Crippen LogP contribution in [-0.2, 0) is 11.2 Å². The Morgan fingerprint density at radius 2 is 2.10 bits per heavy atom. The minimum atomic E-state index is -0.792. The summed E-state index contributed by atoms with van der Waals surface area (Å²) in [4.78, 5) is 24.6. The fraction of sp³-hybridized carbons (Fsp3) is 0.500. The SMILES string of the molecule is CC1CCc2ccccc2N1C(=O)NCCCCC(=O)O. The van der Waals surface area contributed by atoms with Gasteiger partial charge in [-0.05, 0) is 44.2 Å². The third kappa shape index (κ3) is 3.97. The molecule has 1 aliphatic rings. The number of carboxylic acids is 1. The maximum Gasteiger partial charge on any atom is 0.322 e. The molecular weight excluding hydrogens is 268 g/mol. The molecule has 5 heteroatoms. The number of carbonyl (C=O) groups is 2. The van der Waals surface area contributed by atoms with E-state index >= 15 is 0 Å². The van der Waals surface area contributed by atoms with E-state index in [-0.39, 0.29) is 18.5 Å². The third-order valence-corrected chi connectivity index (χ3v) is 3.84. The Balaban J connectivity index is 1.91. The van der Waals surface area contributed by atoms with Gasteiger partial charge in [0.2, 0.25) is 0 Å². The molecule has 1 heterocycles. The largest absolute Gasteiger partial charge is 0.481 e. The molecule has 1 aromatic carbocycles. The van der Waals surface area contributed by atoms with Gasteiger partial charge in [-0.15, -0.1) is 0 Å². The number of benzene rings is 1. The summed E-state index contributed by atoms with van der Waals surface area (Å²) in [7, 11) is 0. The van der Waals surface area contributed by atoms with Crippen molar-refractivity contribution in [3.8, 4) is 0 Å². The predicted molar refractivity (Wildman–Crippen MR) is 81.6 cm³/mol. The van der Waals surface area contributed by atoms with Crippen molar-refractivity contribution in [2.45, 2.75) is 45.1 Å². The van der Waals surface area contributed by atoms with Crippen molar-refractivity contribution in [2.24, 2.45) is 0 Å². The number of fused-ring (bicyclic) bond motifs is 1. The molecule has 0 saturated carbocycles. The Hall–Kier alpha value is -2.04. The van der Waals surface area contributed by atoms with Gasteiger partial charge in [0.05, 0.1) is 0 Å². The van der Waals surface area contributed by atoms with Crippen LogP contribution in [0.1, 0.15) is 38.2 Å². The van der Waals surface area contributed by atoms with Crippen LogP contribution in [0.5, 0.6) is 0 Å². The second-order valence-corrected chi connectivity index (χ2v) is 5.47. The van der Waals surface area contributed by atoms with Gasteiger partial charge in [-0.1, -0.05) is 18.2 Å². The molecule has 1 atom stereocenters. The van der Waals surface area contributed by atoms with Gasteiger partial charge < -0.3 is 10.4 Å². The molecule has 2 N–H and O–H groups in total. The molecule has 0 spiro atoms. The fourth-order valence-corrected chi connectivity index (χ4v) is 2.68. The zero-order valence-corrected chi connectivity index (χ0v) is 12.3. The summed E-state index contributed by atoms with van der Waals surface area (Å²) in [5.41, 5.74) is 2.19. The minimum absolute atomic E-state index is 0.0926. The average Bonchev–Trinajstić information content (AvgIpc) is 2.46. The molecule has 0 aromatic heterocycles. The van der Waals surface area contributed by atoms with Crippen molar-refractivity contribution in [2.75, 3.05) is 11.4 Å². The number of hydrogen-bond acceptors (Lipinski definition) is 2. The van der Waals surface area contributed by atoms with Crippen molar-refractivity contribution in [3.63, 3.8) is 0 Å². The van der Waals surface area contributed by atoms with Gasteiger partial charge in [0, 0.05) is 24.7 Å². The van der Waals surface area contributed by atoms with Crippen molar-refractivity contribution in [3.05, 3.63) is 29.8 Å². The molecule has 5 nitrogen and oxygen atoms in total. The number of rotatable bonds is 5. The topological polar surface area (TPSA) is 69.6 Å². The zero-order chi connectivity index (χ0) is 15.2. The lowest BCUT2D eigenvalue weighted by atomic mass is 9.97. The molecule has 2 amide bonds. The predicted octanol–water partition coefficient (Wildman–Crippen LogP) is 2.79. The Kier molecular flexibility index (Phi) is 5.20. The minimum Gasteiger partial charge on any atom is -0.481 e. The highest BCUT2D eigenvalue weighted by atomic mass is 16.4. The molecule has 114 valence electrons. The zero-order valence-electron chi connectivity index (χ0n) is 12.3. The van der Waals surface area contributed by atoms with E-state index in [4.69, 9.17) is 5.11 Å². The standard InChI is InChI=1S/C16H22N2O3/c1-12-9-10-13-6-2-3-7-14(13)18(12)16(21)17-11-5-4-8-15(19)20/h2-3,6-7,12H,4-5,8-11H2,1H3,(H,17,21)(H,19,20). The van der Waals surface area contributed by atoms with Crippen molar-refractivity contribution in [1.82, 2.24) is 5.32 Å². The van der Waals surface area contributed by atoms with E-state index in [0.717, 1.165) is 18.5 Å². The summed E-state index contributed by atoms with van der Waals surface area (Å²) in [5.74, 6) is -0.792. The van der Waals surface area contributed by atoms with E-state index in [2.05, 4.69) is 18.3 Å². The molecule has 2 rings (SSSR count). The second kappa shape index (κ2) is 7.11. The van der Waals surface area contributed by atoms with Gasteiger partial charge in [-0.2, -0.15) is 0 Å². The van der Waals surface area contributed by atoms with Crippen LogP contribution >= 0.6 is 0 Å². The molecule has 21 heavy (non-hydrogen) atoms. The van der Waals surface area contributed by atoms with Gasteiger partial charge in [-0.3, -0.25) is 9.69 Å². The normalized spacial score (nSPS) is 17.2. The number of para-hydroxylation sites is 1. The summed E-state index contributed by atoms with van der Waals surface area (Å²) in [6.45, 7) is 2.57. The molecule has 1 aliphatic heterocycles. The van der Waals surface area contributed by atoms with E-state index < -0.39 is 5.97 Å². The lowest BCUT2D eigenvalue weighted by Crippen LogP contribution is -2.47. The number of hydrogen-bond donors (Lipinski definition) is 2. The van der Waals surface area contributed by atoms with Crippen LogP contribution in [0.3, 0.4) is 0 Å². The lowest BCUT2D eigenvalue weighted by molar-refractivity contribution is -0.137. The Labute approximate surface area is 125 Å². The van der Waals surface area contributed by atoms with E-state index in [1.807, 2.05) is 23.1 Å². The van der Waals surface area contributed by atoms with Crippen LogP contribution in [-0.4, -0.2) is 29.7 Å². The van der Waals surface area contributed by atoms with E-state index in [9.17, 15) is 9.59 Å². The summed E-state index contributed by atoms with van der Waals surface area (Å²) in [6.07, 6.45) is 3.38. The Morgan fingerprint density at radius 1 is 1.33 bits per heavy atom. The van der Waals surface area contributed by atoms with Gasteiger partial charge in [0.25, 0.3) is 0 Å². The number of nitrogens with one attached hydrogen (secondary N) is 1. The molecule has 0 aliphatic carbocycles. The highest BCUT2D eigenvalue weighted by molar-refractivity contribution is 5.93. The maximum absolute atomic E-state index is 12.4. The number of aliphatic carboxylic acids is 1. The third-order valence-electron chi connectivity index (χ3n) is 3.84. The fourth-order valence-electron chi connectivity index (χ4n) is 2.68. The first kappa shape index (κ1) is 15.4. The van der Waals surface area contributed by atoms with E-state index in [1.54, 1.807) is 0 Å². The van der Waals surface area contributed by atoms with Gasteiger partial charge in [0.1, 0.15) is 0 Å². The molecule has 1 unspecified atom stereocenters. The molecule has 0 fully saturated rings. The number of anilines is 1. The van der Waals surface area contributed by atoms with Crippen LogP contribution in [0.4, 0.5) is 10.5 Å². The number of urea groups is 1. The van der Waals surface area contributed by atoms with Crippen LogP contribution in [0.25, 0.3) is 0 Å². The number of carbonyl (C=O) groups excluding carboxylic acids is 1. The smallest absolute Gasteiger partial charge is 0.322 e. The Bertz CT molecular complexity index is 516. The van der Waals surface area contributed by atoms with Gasteiger partial charge in [-0.25, -0.2) is 4.79 Å². The first-order valence-electron chi connectivity index (χ1n) is 7.46. The van der Waals surface area contributed by atoms with Crippen LogP contribution in [0.2, 0.25) is 0 Å². The molecular formula is C16H22N2O3. The summed E-state index contributed by atoms with van der Waals surface area (Å²) >= 11 is 0. The highest BCUT2D eigenvalue weighted by Crippen LogP contribution is 2.30. The van der Waals surface area contributed by atoms with Crippen molar-refractivity contribution in [1.29, 1.82) is 0 Å².